The summed E-state index contributed by atoms with van der Waals surface area (Å²) < 4.78 is 11.4. The van der Waals surface area contributed by atoms with E-state index in [2.05, 4.69) is 31.0 Å². The molecule has 6 heteroatoms. The van der Waals surface area contributed by atoms with Crippen molar-refractivity contribution in [1.82, 2.24) is 10.2 Å². The lowest BCUT2D eigenvalue weighted by Crippen LogP contribution is -2.51. The summed E-state index contributed by atoms with van der Waals surface area (Å²) in [4.78, 5) is 28.3. The number of carbonyl (C=O) groups is 1. The SMILES string of the molecule is Cc1c(CC(=O)NC[C@H]2CCCN3CCCCC23)c(=O)oc2cc3occ(C(C)(C)C)c3cc12. The Morgan fingerprint density at radius 2 is 1.88 bits per heavy atom. The van der Waals surface area contributed by atoms with Gasteiger partial charge in [-0.15, -0.1) is 0 Å². The number of benzene rings is 1. The fraction of sp³-hybridized carbons (Fsp3) is 0.571. The molecule has 1 N–H and O–H groups in total. The van der Waals surface area contributed by atoms with Crippen LogP contribution in [0.1, 0.15) is 69.6 Å². The van der Waals surface area contributed by atoms with Crippen LogP contribution in [-0.4, -0.2) is 36.5 Å². The predicted octanol–water partition coefficient (Wildman–Crippen LogP) is 5.07. The van der Waals surface area contributed by atoms with E-state index in [1.54, 1.807) is 12.3 Å². The zero-order chi connectivity index (χ0) is 24.0. The monoisotopic (exact) mass is 464 g/mol. The van der Waals surface area contributed by atoms with E-state index in [0.29, 0.717) is 35.2 Å². The lowest BCUT2D eigenvalue weighted by molar-refractivity contribution is -0.120. The van der Waals surface area contributed by atoms with Crippen LogP contribution in [-0.2, 0) is 16.6 Å². The minimum atomic E-state index is -0.446. The second-order valence-corrected chi connectivity index (χ2v) is 11.2. The highest BCUT2D eigenvalue weighted by atomic mass is 16.4. The molecule has 1 unspecified atom stereocenters. The van der Waals surface area contributed by atoms with Gasteiger partial charge >= 0.3 is 5.63 Å². The molecule has 1 aromatic carbocycles. The molecule has 0 saturated carbocycles. The first kappa shape index (κ1) is 23.2. The first-order valence-electron chi connectivity index (χ1n) is 12.7. The summed E-state index contributed by atoms with van der Waals surface area (Å²) in [5, 5.41) is 5.00. The van der Waals surface area contributed by atoms with Crippen molar-refractivity contribution < 1.29 is 13.6 Å². The predicted molar refractivity (Wildman–Crippen MR) is 134 cm³/mol. The van der Waals surface area contributed by atoms with Gasteiger partial charge in [-0.1, -0.05) is 27.2 Å². The van der Waals surface area contributed by atoms with Crippen molar-refractivity contribution in [3.63, 3.8) is 0 Å². The fourth-order valence-corrected chi connectivity index (χ4v) is 5.98. The van der Waals surface area contributed by atoms with Crippen LogP contribution in [0.15, 0.2) is 32.0 Å². The molecule has 2 aromatic heterocycles. The molecule has 5 rings (SSSR count). The molecule has 0 radical (unpaired) electrons. The molecule has 0 bridgehead atoms. The lowest BCUT2D eigenvalue weighted by atomic mass is 9.83. The number of hydrogen-bond acceptors (Lipinski definition) is 5. The van der Waals surface area contributed by atoms with E-state index in [4.69, 9.17) is 8.83 Å². The van der Waals surface area contributed by atoms with Crippen LogP contribution in [0.25, 0.3) is 21.9 Å². The van der Waals surface area contributed by atoms with Gasteiger partial charge in [-0.05, 0) is 68.7 Å². The van der Waals surface area contributed by atoms with E-state index in [0.717, 1.165) is 28.3 Å². The van der Waals surface area contributed by atoms with Gasteiger partial charge in [0.25, 0.3) is 0 Å². The number of carbonyl (C=O) groups excluding carboxylic acids is 1. The van der Waals surface area contributed by atoms with E-state index in [-0.39, 0.29) is 17.7 Å². The molecular formula is C28H36N2O4. The van der Waals surface area contributed by atoms with Crippen molar-refractivity contribution in [1.29, 1.82) is 0 Å². The molecule has 2 aliphatic heterocycles. The third kappa shape index (κ3) is 4.28. The number of amides is 1. The standard InChI is InChI=1S/C28H36N2O4/c1-17-19-12-21-22(28(2,3)4)16-33-24(21)14-25(19)34-27(32)20(17)13-26(31)29-15-18-8-7-11-30-10-6-5-9-23(18)30/h12,14,16,18,23H,5-11,13,15H2,1-4H3,(H,29,31)/t18-,23?/m1/s1. The van der Waals surface area contributed by atoms with Gasteiger partial charge in [-0.25, -0.2) is 4.79 Å². The van der Waals surface area contributed by atoms with Crippen molar-refractivity contribution in [2.45, 2.75) is 77.7 Å². The van der Waals surface area contributed by atoms with Crippen LogP contribution in [0, 0.1) is 12.8 Å². The van der Waals surface area contributed by atoms with Gasteiger partial charge in [0.05, 0.1) is 18.2 Å². The molecular weight excluding hydrogens is 428 g/mol. The average Bonchev–Trinajstić information content (AvgIpc) is 3.23. The van der Waals surface area contributed by atoms with Gasteiger partial charge in [-0.3, -0.25) is 4.79 Å². The molecule has 4 heterocycles. The van der Waals surface area contributed by atoms with Crippen LogP contribution in [0.5, 0.6) is 0 Å². The second-order valence-electron chi connectivity index (χ2n) is 11.2. The fourth-order valence-electron chi connectivity index (χ4n) is 5.98. The third-order valence-electron chi connectivity index (χ3n) is 7.92. The van der Waals surface area contributed by atoms with Crippen molar-refractivity contribution in [2.24, 2.45) is 5.92 Å². The highest BCUT2D eigenvalue weighted by molar-refractivity contribution is 5.97. The normalized spacial score (nSPS) is 21.6. The molecule has 34 heavy (non-hydrogen) atoms. The lowest BCUT2D eigenvalue weighted by Gasteiger charge is -2.44. The topological polar surface area (TPSA) is 75.7 Å². The van der Waals surface area contributed by atoms with Crippen LogP contribution in [0.3, 0.4) is 0 Å². The molecule has 2 fully saturated rings. The molecule has 3 aromatic rings. The summed E-state index contributed by atoms with van der Waals surface area (Å²) >= 11 is 0. The molecule has 2 saturated heterocycles. The van der Waals surface area contributed by atoms with E-state index in [1.165, 1.54) is 38.8 Å². The summed E-state index contributed by atoms with van der Waals surface area (Å²) in [6.07, 6.45) is 7.98. The second kappa shape index (κ2) is 8.88. The third-order valence-corrected chi connectivity index (χ3v) is 7.92. The van der Waals surface area contributed by atoms with Crippen LogP contribution >= 0.6 is 0 Å². The number of furan rings is 1. The maximum atomic E-state index is 12.9. The van der Waals surface area contributed by atoms with E-state index >= 15 is 0 Å². The first-order valence-corrected chi connectivity index (χ1v) is 12.7. The molecule has 1 amide bonds. The van der Waals surface area contributed by atoms with Crippen molar-refractivity contribution in [3.8, 4) is 0 Å². The van der Waals surface area contributed by atoms with Gasteiger partial charge in [0.2, 0.25) is 5.91 Å². The zero-order valence-electron chi connectivity index (χ0n) is 20.8. The summed E-state index contributed by atoms with van der Waals surface area (Å²) in [6, 6.07) is 4.41. The highest BCUT2D eigenvalue weighted by Crippen LogP contribution is 2.35. The van der Waals surface area contributed by atoms with Gasteiger partial charge in [0.1, 0.15) is 11.2 Å². The zero-order valence-corrected chi connectivity index (χ0v) is 20.8. The highest BCUT2D eigenvalue weighted by Gasteiger charge is 2.33. The van der Waals surface area contributed by atoms with E-state index < -0.39 is 5.63 Å². The smallest absolute Gasteiger partial charge is 0.340 e. The number of piperidine rings is 2. The average molecular weight is 465 g/mol. The number of aryl methyl sites for hydroxylation is 1. The maximum absolute atomic E-state index is 12.9. The molecule has 0 aliphatic carbocycles. The first-order chi connectivity index (χ1) is 16.2. The number of fused-ring (bicyclic) bond motifs is 3. The Balaban J connectivity index is 1.37. The summed E-state index contributed by atoms with van der Waals surface area (Å²) in [5.74, 6) is 0.389. The Hall–Kier alpha value is -2.60. The summed E-state index contributed by atoms with van der Waals surface area (Å²) in [7, 11) is 0. The van der Waals surface area contributed by atoms with Gasteiger partial charge in [0, 0.05) is 35.0 Å². The maximum Gasteiger partial charge on any atom is 0.340 e. The quantitative estimate of drug-likeness (QED) is 0.546. The Morgan fingerprint density at radius 3 is 2.68 bits per heavy atom. The van der Waals surface area contributed by atoms with Crippen LogP contribution in [0.4, 0.5) is 0 Å². The summed E-state index contributed by atoms with van der Waals surface area (Å²) in [6.45, 7) is 11.4. The molecule has 0 spiro atoms. The minimum Gasteiger partial charge on any atom is -0.464 e. The van der Waals surface area contributed by atoms with Crippen molar-refractivity contribution in [3.05, 3.63) is 45.5 Å². The molecule has 2 atom stereocenters. The minimum absolute atomic E-state index is 0.0424. The molecule has 2 aliphatic rings. The number of nitrogens with one attached hydrogen (secondary N) is 1. The van der Waals surface area contributed by atoms with Crippen molar-refractivity contribution in [2.75, 3.05) is 19.6 Å². The van der Waals surface area contributed by atoms with Gasteiger partial charge in [0.15, 0.2) is 0 Å². The molecule has 182 valence electrons. The Kier molecular flexibility index (Phi) is 6.05. The van der Waals surface area contributed by atoms with E-state index in [9.17, 15) is 9.59 Å². The summed E-state index contributed by atoms with van der Waals surface area (Å²) in [5.41, 5.74) is 3.03. The van der Waals surface area contributed by atoms with Crippen LogP contribution in [0.2, 0.25) is 0 Å². The Morgan fingerprint density at radius 1 is 1.09 bits per heavy atom. The van der Waals surface area contributed by atoms with Gasteiger partial charge in [-0.2, -0.15) is 0 Å². The van der Waals surface area contributed by atoms with Gasteiger partial charge < -0.3 is 19.1 Å². The van der Waals surface area contributed by atoms with E-state index in [1.807, 2.05) is 13.0 Å². The Labute approximate surface area is 200 Å². The number of rotatable bonds is 4. The van der Waals surface area contributed by atoms with Crippen LogP contribution < -0.4 is 10.9 Å². The van der Waals surface area contributed by atoms with Crippen molar-refractivity contribution >= 4 is 27.8 Å². The largest absolute Gasteiger partial charge is 0.464 e. The number of nitrogens with zero attached hydrogens (tertiary/aromatic N) is 1. The number of hydrogen-bond donors (Lipinski definition) is 1. The molecule has 6 nitrogen and oxygen atoms in total. The Bertz CT molecular complexity index is 1280.